The van der Waals surface area contributed by atoms with Crippen molar-refractivity contribution in [2.24, 2.45) is 18.9 Å². The lowest BCUT2D eigenvalue weighted by molar-refractivity contribution is -0.157. The minimum Gasteiger partial charge on any atom is -0.462 e. The van der Waals surface area contributed by atoms with Crippen LogP contribution in [0, 0.1) is 18.8 Å². The Hall–Kier alpha value is -2.97. The summed E-state index contributed by atoms with van der Waals surface area (Å²) < 4.78 is 15.0. The maximum atomic E-state index is 12.6. The van der Waals surface area contributed by atoms with E-state index in [0.717, 1.165) is 67.0 Å². The molecule has 3 heterocycles. The van der Waals surface area contributed by atoms with Gasteiger partial charge in [0.2, 0.25) is 0 Å². The van der Waals surface area contributed by atoms with E-state index in [1.807, 2.05) is 33.0 Å². The maximum Gasteiger partial charge on any atom is 0.311 e. The van der Waals surface area contributed by atoms with Gasteiger partial charge in [-0.25, -0.2) is 4.98 Å². The summed E-state index contributed by atoms with van der Waals surface area (Å²) in [5.41, 5.74) is 4.57. The second-order valence-corrected chi connectivity index (χ2v) is 10.8. The third-order valence-corrected chi connectivity index (χ3v) is 7.74. The largest absolute Gasteiger partial charge is 0.462 e. The molecule has 4 rings (SSSR count). The van der Waals surface area contributed by atoms with Crippen molar-refractivity contribution in [3.05, 3.63) is 51.9 Å². The zero-order valence-corrected chi connectivity index (χ0v) is 23.3. The topological polar surface area (TPSA) is 95.6 Å². The number of aliphatic hydroxyl groups excluding tert-OH is 1. The van der Waals surface area contributed by atoms with Gasteiger partial charge in [0.15, 0.2) is 0 Å². The van der Waals surface area contributed by atoms with Crippen LogP contribution in [0.1, 0.15) is 57.6 Å². The Kier molecular flexibility index (Phi) is 9.05. The van der Waals surface area contributed by atoms with Gasteiger partial charge in [-0.15, -0.1) is 0 Å². The first kappa shape index (κ1) is 28.0. The fourth-order valence-corrected chi connectivity index (χ4v) is 5.17. The molecule has 38 heavy (non-hydrogen) atoms. The van der Waals surface area contributed by atoms with Crippen molar-refractivity contribution in [1.82, 2.24) is 14.1 Å². The lowest BCUT2D eigenvalue weighted by Gasteiger charge is -2.23. The maximum absolute atomic E-state index is 12.6. The number of rotatable bonds is 10. The van der Waals surface area contributed by atoms with Crippen LogP contribution in [0.2, 0.25) is 0 Å². The van der Waals surface area contributed by atoms with Crippen LogP contribution in [0.5, 0.6) is 0 Å². The van der Waals surface area contributed by atoms with Gasteiger partial charge in [-0.1, -0.05) is 13.0 Å². The normalized spacial score (nSPS) is 16.9. The third kappa shape index (κ3) is 6.35. The first-order valence-corrected chi connectivity index (χ1v) is 13.8. The van der Waals surface area contributed by atoms with Crippen molar-refractivity contribution in [3.8, 4) is 11.4 Å². The number of carbonyl (C=O) groups excluding carboxylic acids is 1. The van der Waals surface area contributed by atoms with Gasteiger partial charge in [0.05, 0.1) is 29.2 Å². The Morgan fingerprint density at radius 3 is 2.63 bits per heavy atom. The van der Waals surface area contributed by atoms with Crippen molar-refractivity contribution in [2.75, 3.05) is 13.2 Å². The van der Waals surface area contributed by atoms with Crippen LogP contribution in [0.4, 0.5) is 0 Å². The summed E-state index contributed by atoms with van der Waals surface area (Å²) in [6, 6.07) is 8.18. The number of pyridine rings is 1. The molecule has 3 aromatic rings. The van der Waals surface area contributed by atoms with Crippen LogP contribution >= 0.6 is 0 Å². The smallest absolute Gasteiger partial charge is 0.311 e. The number of aromatic nitrogens is 3. The van der Waals surface area contributed by atoms with E-state index < -0.39 is 12.0 Å². The average molecular weight is 524 g/mol. The zero-order valence-electron chi connectivity index (χ0n) is 23.3. The average Bonchev–Trinajstić information content (AvgIpc) is 3.24. The number of nitrogens with zero attached hydrogens (tertiary/aromatic N) is 3. The van der Waals surface area contributed by atoms with Gasteiger partial charge in [0, 0.05) is 44.1 Å². The molecule has 0 radical (unpaired) electrons. The minimum atomic E-state index is -0.784. The van der Waals surface area contributed by atoms with E-state index in [2.05, 4.69) is 22.8 Å². The molecule has 0 aliphatic carbocycles. The molecule has 0 bridgehead atoms. The minimum absolute atomic E-state index is 0.0114. The Labute approximate surface area is 224 Å². The highest BCUT2D eigenvalue weighted by molar-refractivity contribution is 5.81. The third-order valence-electron chi connectivity index (χ3n) is 7.74. The van der Waals surface area contributed by atoms with Crippen LogP contribution in [0.25, 0.3) is 22.4 Å². The molecular weight excluding hydrogens is 482 g/mol. The summed E-state index contributed by atoms with van der Waals surface area (Å²) in [6.45, 7) is 9.70. The summed E-state index contributed by atoms with van der Waals surface area (Å²) >= 11 is 0. The predicted octanol–water partition coefficient (Wildman–Crippen LogP) is 4.41. The van der Waals surface area contributed by atoms with E-state index in [-0.39, 0.29) is 17.6 Å². The number of carbonyl (C=O) groups is 1. The van der Waals surface area contributed by atoms with E-state index in [0.29, 0.717) is 24.3 Å². The molecule has 8 heteroatoms. The van der Waals surface area contributed by atoms with Gasteiger partial charge in [0.1, 0.15) is 5.82 Å². The van der Waals surface area contributed by atoms with Gasteiger partial charge in [-0.2, -0.15) is 0 Å². The summed E-state index contributed by atoms with van der Waals surface area (Å²) in [5.74, 6) is 0.427. The molecule has 1 aliphatic rings. The van der Waals surface area contributed by atoms with Crippen LogP contribution < -0.4 is 5.56 Å². The molecule has 0 unspecified atom stereocenters. The molecule has 1 aliphatic heterocycles. The van der Waals surface area contributed by atoms with Crippen LogP contribution in [0.3, 0.4) is 0 Å². The van der Waals surface area contributed by atoms with E-state index >= 15 is 0 Å². The van der Waals surface area contributed by atoms with E-state index in [9.17, 15) is 14.7 Å². The molecule has 0 amide bonds. The van der Waals surface area contributed by atoms with Crippen molar-refractivity contribution in [3.63, 3.8) is 0 Å². The molecule has 3 atom stereocenters. The molecule has 1 N–H and O–H groups in total. The Morgan fingerprint density at radius 1 is 1.24 bits per heavy atom. The first-order chi connectivity index (χ1) is 18.2. The molecular formula is C30H41N3O5. The number of aryl methyl sites for hydroxylation is 3. The van der Waals surface area contributed by atoms with E-state index in [4.69, 9.17) is 14.5 Å². The molecule has 206 valence electrons. The number of imidazole rings is 1. The predicted molar refractivity (Wildman–Crippen MR) is 148 cm³/mol. The summed E-state index contributed by atoms with van der Waals surface area (Å²) in [7, 11) is 1.77. The number of aliphatic hydroxyl groups is 1. The Morgan fingerprint density at radius 2 is 1.97 bits per heavy atom. The molecule has 8 nitrogen and oxygen atoms in total. The van der Waals surface area contributed by atoms with Gasteiger partial charge >= 0.3 is 5.97 Å². The standard InChI is InChI=1S/C30H41N3O5/c1-6-20(3)38-30(36)25(21(4)34)9-7-22-8-10-27-26(16-22)31-28(24-15-19(2)29(35)32(5)18-24)33(27)17-23-11-13-37-14-12-23/h8,10,15-16,18,20-21,23,25,34H,6-7,9,11-14,17H2,1-5H3/t20-,21+,25-/m0/s1. The Balaban J connectivity index is 1.65. The molecule has 1 aromatic carbocycles. The Bertz CT molecular complexity index is 1290. The molecule has 0 spiro atoms. The highest BCUT2D eigenvalue weighted by Crippen LogP contribution is 2.29. The summed E-state index contributed by atoms with van der Waals surface area (Å²) in [6.07, 6.45) is 4.79. The van der Waals surface area contributed by atoms with Crippen molar-refractivity contribution < 1.29 is 19.4 Å². The monoisotopic (exact) mass is 523 g/mol. The SMILES string of the molecule is CC[C@H](C)OC(=O)[C@@H](CCc1ccc2c(c1)nc(-c1cc(C)c(=O)n(C)c1)n2CC1CCOCC1)[C@@H](C)O. The fraction of sp³-hybridized carbons (Fsp3) is 0.567. The van der Waals surface area contributed by atoms with Gasteiger partial charge in [-0.3, -0.25) is 9.59 Å². The molecule has 0 saturated carbocycles. The van der Waals surface area contributed by atoms with Crippen LogP contribution in [-0.2, 0) is 34.3 Å². The van der Waals surface area contributed by atoms with Gasteiger partial charge < -0.3 is 23.7 Å². The number of fused-ring (bicyclic) bond motifs is 1. The van der Waals surface area contributed by atoms with Crippen molar-refractivity contribution >= 4 is 17.0 Å². The zero-order chi connectivity index (χ0) is 27.4. The molecule has 1 saturated heterocycles. The molecule has 1 fully saturated rings. The van der Waals surface area contributed by atoms with Gasteiger partial charge in [-0.05, 0) is 82.6 Å². The highest BCUT2D eigenvalue weighted by atomic mass is 16.5. The fourth-order valence-electron chi connectivity index (χ4n) is 5.17. The second-order valence-electron chi connectivity index (χ2n) is 10.8. The summed E-state index contributed by atoms with van der Waals surface area (Å²) in [4.78, 5) is 30.0. The summed E-state index contributed by atoms with van der Waals surface area (Å²) in [5, 5.41) is 10.3. The first-order valence-electron chi connectivity index (χ1n) is 13.8. The lowest BCUT2D eigenvalue weighted by atomic mass is 9.95. The van der Waals surface area contributed by atoms with Crippen LogP contribution in [-0.4, -0.2) is 50.6 Å². The second kappa shape index (κ2) is 12.3. The number of benzene rings is 1. The van der Waals surface area contributed by atoms with Crippen molar-refractivity contribution in [2.45, 2.75) is 78.6 Å². The molecule has 2 aromatic heterocycles. The number of esters is 1. The van der Waals surface area contributed by atoms with Crippen molar-refractivity contribution in [1.29, 1.82) is 0 Å². The van der Waals surface area contributed by atoms with E-state index in [1.165, 1.54) is 0 Å². The number of hydrogen-bond donors (Lipinski definition) is 1. The van der Waals surface area contributed by atoms with Crippen LogP contribution in [0.15, 0.2) is 35.3 Å². The van der Waals surface area contributed by atoms with Gasteiger partial charge in [0.25, 0.3) is 5.56 Å². The number of ether oxygens (including phenoxy) is 2. The lowest BCUT2D eigenvalue weighted by Crippen LogP contribution is -2.30. The quantitative estimate of drug-likeness (QED) is 0.396. The van der Waals surface area contributed by atoms with E-state index in [1.54, 1.807) is 18.5 Å². The number of hydrogen-bond acceptors (Lipinski definition) is 6. The highest BCUT2D eigenvalue weighted by Gasteiger charge is 2.26.